The third-order valence-corrected chi connectivity index (χ3v) is 4.75. The standard InChI is InChI=1S/C12H21N3O2S2/c1-4-13-11-6-5-7-14-12(11)19(16,17)15-8-10(2)9-18-3/h5-7,10,13,15H,4,8-9H2,1-3H3. The van der Waals surface area contributed by atoms with Gasteiger partial charge in [0.1, 0.15) is 0 Å². The van der Waals surface area contributed by atoms with E-state index in [-0.39, 0.29) is 10.9 Å². The number of rotatable bonds is 8. The average Bonchev–Trinajstić information content (AvgIpc) is 2.38. The molecule has 0 aliphatic heterocycles. The van der Waals surface area contributed by atoms with E-state index in [2.05, 4.69) is 15.0 Å². The zero-order valence-corrected chi connectivity index (χ0v) is 13.1. The van der Waals surface area contributed by atoms with Crippen LogP contribution in [0, 0.1) is 5.92 Å². The predicted molar refractivity (Wildman–Crippen MR) is 81.1 cm³/mol. The van der Waals surface area contributed by atoms with Gasteiger partial charge in [-0.1, -0.05) is 6.92 Å². The third-order valence-electron chi connectivity index (χ3n) is 2.47. The zero-order chi connectivity index (χ0) is 14.3. The second kappa shape index (κ2) is 7.72. The fourth-order valence-corrected chi connectivity index (χ4v) is 3.55. The number of aromatic nitrogens is 1. The Morgan fingerprint density at radius 3 is 2.84 bits per heavy atom. The molecule has 1 heterocycles. The maximum Gasteiger partial charge on any atom is 0.260 e. The number of anilines is 1. The summed E-state index contributed by atoms with van der Waals surface area (Å²) in [6.07, 6.45) is 3.49. The molecule has 0 saturated carbocycles. The first kappa shape index (κ1) is 16.3. The van der Waals surface area contributed by atoms with Gasteiger partial charge in [-0.25, -0.2) is 18.1 Å². The molecular formula is C12H21N3O2S2. The molecule has 1 atom stereocenters. The lowest BCUT2D eigenvalue weighted by Crippen LogP contribution is -2.30. The molecule has 0 aliphatic rings. The van der Waals surface area contributed by atoms with E-state index in [0.717, 1.165) is 5.75 Å². The lowest BCUT2D eigenvalue weighted by Gasteiger charge is -2.13. The van der Waals surface area contributed by atoms with E-state index in [1.165, 1.54) is 6.20 Å². The van der Waals surface area contributed by atoms with Crippen LogP contribution in [0.3, 0.4) is 0 Å². The smallest absolute Gasteiger partial charge is 0.260 e. The molecule has 1 aromatic heterocycles. The van der Waals surface area contributed by atoms with Crippen molar-refractivity contribution in [3.05, 3.63) is 18.3 Å². The van der Waals surface area contributed by atoms with E-state index in [1.54, 1.807) is 23.9 Å². The molecule has 0 aliphatic carbocycles. The molecule has 0 fully saturated rings. The predicted octanol–water partition coefficient (Wildman–Crippen LogP) is 1.79. The maximum atomic E-state index is 12.2. The molecule has 1 unspecified atom stereocenters. The minimum absolute atomic E-state index is 0.0631. The topological polar surface area (TPSA) is 71.1 Å². The van der Waals surface area contributed by atoms with Gasteiger partial charge in [0.25, 0.3) is 10.0 Å². The minimum Gasteiger partial charge on any atom is -0.383 e. The lowest BCUT2D eigenvalue weighted by atomic mass is 10.2. The highest BCUT2D eigenvalue weighted by molar-refractivity contribution is 7.98. The van der Waals surface area contributed by atoms with Crippen LogP contribution in [0.25, 0.3) is 0 Å². The van der Waals surface area contributed by atoms with Gasteiger partial charge >= 0.3 is 0 Å². The number of sulfonamides is 1. The fraction of sp³-hybridized carbons (Fsp3) is 0.583. The summed E-state index contributed by atoms with van der Waals surface area (Å²) in [6.45, 7) is 5.00. The van der Waals surface area contributed by atoms with Crippen molar-refractivity contribution in [1.82, 2.24) is 9.71 Å². The molecule has 5 nitrogen and oxygen atoms in total. The number of thioether (sulfide) groups is 1. The summed E-state index contributed by atoms with van der Waals surface area (Å²) in [4.78, 5) is 3.97. The second-order valence-electron chi connectivity index (χ2n) is 4.30. The molecule has 0 amide bonds. The molecule has 108 valence electrons. The SMILES string of the molecule is CCNc1cccnc1S(=O)(=O)NCC(C)CSC. The highest BCUT2D eigenvalue weighted by Crippen LogP contribution is 2.17. The molecule has 0 radical (unpaired) electrons. The van der Waals surface area contributed by atoms with Crippen molar-refractivity contribution >= 4 is 27.5 Å². The largest absolute Gasteiger partial charge is 0.383 e. The first-order valence-corrected chi connectivity index (χ1v) is 9.06. The van der Waals surface area contributed by atoms with Gasteiger partial charge in [-0.05, 0) is 37.0 Å². The summed E-state index contributed by atoms with van der Waals surface area (Å²) in [7, 11) is -3.56. The number of nitrogens with zero attached hydrogens (tertiary/aromatic N) is 1. The third kappa shape index (κ3) is 5.00. The molecule has 2 N–H and O–H groups in total. The Balaban J connectivity index is 2.82. The van der Waals surface area contributed by atoms with E-state index < -0.39 is 10.0 Å². The van der Waals surface area contributed by atoms with Crippen LogP contribution >= 0.6 is 11.8 Å². The van der Waals surface area contributed by atoms with Crippen molar-refractivity contribution in [2.45, 2.75) is 18.9 Å². The zero-order valence-electron chi connectivity index (χ0n) is 11.5. The molecule has 1 aromatic rings. The molecular weight excluding hydrogens is 282 g/mol. The van der Waals surface area contributed by atoms with E-state index in [9.17, 15) is 8.42 Å². The maximum absolute atomic E-state index is 12.2. The molecule has 0 saturated heterocycles. The first-order chi connectivity index (χ1) is 9.01. The van der Waals surface area contributed by atoms with Crippen LogP contribution in [-0.2, 0) is 10.0 Å². The Morgan fingerprint density at radius 1 is 1.47 bits per heavy atom. The second-order valence-corrected chi connectivity index (χ2v) is 6.89. The van der Waals surface area contributed by atoms with Gasteiger partial charge < -0.3 is 5.32 Å². The number of hydrogen-bond acceptors (Lipinski definition) is 5. The van der Waals surface area contributed by atoms with E-state index in [0.29, 0.717) is 18.8 Å². The van der Waals surface area contributed by atoms with Crippen molar-refractivity contribution in [2.75, 3.05) is 30.4 Å². The van der Waals surface area contributed by atoms with E-state index >= 15 is 0 Å². The summed E-state index contributed by atoms with van der Waals surface area (Å²) in [6, 6.07) is 3.43. The van der Waals surface area contributed by atoms with Gasteiger partial charge in [0.15, 0.2) is 5.03 Å². The Hall–Kier alpha value is -0.790. The molecule has 0 bridgehead atoms. The summed E-state index contributed by atoms with van der Waals surface area (Å²) in [5, 5.41) is 3.07. The van der Waals surface area contributed by atoms with Crippen LogP contribution in [0.15, 0.2) is 23.4 Å². The molecule has 7 heteroatoms. The van der Waals surface area contributed by atoms with Crippen LogP contribution in [0.1, 0.15) is 13.8 Å². The summed E-state index contributed by atoms with van der Waals surface area (Å²) in [5.41, 5.74) is 0.537. The van der Waals surface area contributed by atoms with Crippen LogP contribution in [0.2, 0.25) is 0 Å². The summed E-state index contributed by atoms with van der Waals surface area (Å²) < 4.78 is 27.0. The van der Waals surface area contributed by atoms with Gasteiger partial charge in [-0.3, -0.25) is 0 Å². The normalized spacial score (nSPS) is 13.2. The average molecular weight is 303 g/mol. The number of nitrogens with one attached hydrogen (secondary N) is 2. The van der Waals surface area contributed by atoms with Gasteiger partial charge in [-0.15, -0.1) is 0 Å². The van der Waals surface area contributed by atoms with Crippen molar-refractivity contribution in [3.8, 4) is 0 Å². The van der Waals surface area contributed by atoms with Gasteiger partial charge in [0.2, 0.25) is 0 Å². The summed E-state index contributed by atoms with van der Waals surface area (Å²) in [5.74, 6) is 1.21. The molecule has 0 aromatic carbocycles. The lowest BCUT2D eigenvalue weighted by molar-refractivity contribution is 0.559. The van der Waals surface area contributed by atoms with Crippen molar-refractivity contribution in [1.29, 1.82) is 0 Å². The van der Waals surface area contributed by atoms with E-state index in [1.807, 2.05) is 20.1 Å². The quantitative estimate of drug-likeness (QED) is 0.766. The monoisotopic (exact) mass is 303 g/mol. The van der Waals surface area contributed by atoms with Crippen molar-refractivity contribution in [3.63, 3.8) is 0 Å². The molecule has 19 heavy (non-hydrogen) atoms. The van der Waals surface area contributed by atoms with Crippen molar-refractivity contribution < 1.29 is 8.42 Å². The van der Waals surface area contributed by atoms with E-state index in [4.69, 9.17) is 0 Å². The Labute approximate surface area is 119 Å². The Bertz CT molecular complexity index is 492. The van der Waals surface area contributed by atoms with Crippen LogP contribution in [-0.4, -0.2) is 38.5 Å². The fourth-order valence-electron chi connectivity index (χ4n) is 1.59. The van der Waals surface area contributed by atoms with Crippen molar-refractivity contribution in [2.24, 2.45) is 5.92 Å². The number of hydrogen-bond donors (Lipinski definition) is 2. The Kier molecular flexibility index (Phi) is 6.60. The minimum atomic E-state index is -3.56. The van der Waals surface area contributed by atoms with Gasteiger partial charge in [-0.2, -0.15) is 11.8 Å². The molecule has 0 spiro atoms. The van der Waals surface area contributed by atoms with Crippen LogP contribution in [0.4, 0.5) is 5.69 Å². The highest BCUT2D eigenvalue weighted by Gasteiger charge is 2.20. The van der Waals surface area contributed by atoms with Crippen LogP contribution < -0.4 is 10.0 Å². The van der Waals surface area contributed by atoms with Crippen LogP contribution in [0.5, 0.6) is 0 Å². The van der Waals surface area contributed by atoms with Gasteiger partial charge in [0.05, 0.1) is 5.69 Å². The van der Waals surface area contributed by atoms with Gasteiger partial charge in [0, 0.05) is 19.3 Å². The summed E-state index contributed by atoms with van der Waals surface area (Å²) >= 11 is 1.70. The number of pyridine rings is 1. The first-order valence-electron chi connectivity index (χ1n) is 6.18. The highest BCUT2D eigenvalue weighted by atomic mass is 32.2. The Morgan fingerprint density at radius 2 is 2.21 bits per heavy atom. The molecule has 1 rings (SSSR count).